The molecule has 2 unspecified atom stereocenters. The van der Waals surface area contributed by atoms with Crippen molar-refractivity contribution in [3.8, 4) is 0 Å². The molecule has 1 fully saturated rings. The zero-order valence-electron chi connectivity index (χ0n) is 21.8. The highest BCUT2D eigenvalue weighted by molar-refractivity contribution is 5.72. The smallest absolute Gasteiger partial charge is 0.308 e. The van der Waals surface area contributed by atoms with E-state index in [0.717, 1.165) is 37.0 Å². The van der Waals surface area contributed by atoms with Crippen molar-refractivity contribution >= 4 is 5.97 Å². The first-order valence-electron chi connectivity index (χ1n) is 13.6. The van der Waals surface area contributed by atoms with Gasteiger partial charge in [0.1, 0.15) is 0 Å². The second-order valence-electron chi connectivity index (χ2n) is 10.1. The fourth-order valence-corrected chi connectivity index (χ4v) is 4.68. The third-order valence-corrected chi connectivity index (χ3v) is 6.97. The summed E-state index contributed by atoms with van der Waals surface area (Å²) in [6, 6.07) is 0. The average molecular weight is 425 g/mol. The maximum absolute atomic E-state index is 12.4. The number of hydrogen-bond acceptors (Lipinski definition) is 2. The summed E-state index contributed by atoms with van der Waals surface area (Å²) in [5, 5.41) is 0. The van der Waals surface area contributed by atoms with Crippen LogP contribution in [-0.4, -0.2) is 12.6 Å². The average Bonchev–Trinajstić information content (AvgIpc) is 2.75. The molecule has 0 aliphatic heterocycles. The van der Waals surface area contributed by atoms with E-state index in [-0.39, 0.29) is 11.9 Å². The standard InChI is InChI=1S/C26H50O2.C2H6/c1-6-8-14-23(7-2)20-28-26(27)25-18-16-24(17-19-25)15-10-13-22(5)12-9-11-21(3)4;1-2/h21-25H,6-20H2,1-5H3;1-2H3. The van der Waals surface area contributed by atoms with Gasteiger partial charge in [0.25, 0.3) is 0 Å². The summed E-state index contributed by atoms with van der Waals surface area (Å²) in [7, 11) is 0. The van der Waals surface area contributed by atoms with Crippen LogP contribution in [0.3, 0.4) is 0 Å². The summed E-state index contributed by atoms with van der Waals surface area (Å²) in [6.07, 6.45) is 17.7. The van der Waals surface area contributed by atoms with Gasteiger partial charge in [0, 0.05) is 0 Å². The molecule has 0 spiro atoms. The monoisotopic (exact) mass is 424 g/mol. The lowest BCUT2D eigenvalue weighted by Crippen LogP contribution is -2.25. The van der Waals surface area contributed by atoms with Crippen molar-refractivity contribution in [1.82, 2.24) is 0 Å². The zero-order valence-corrected chi connectivity index (χ0v) is 21.8. The van der Waals surface area contributed by atoms with Crippen LogP contribution in [0.1, 0.15) is 138 Å². The van der Waals surface area contributed by atoms with Crippen molar-refractivity contribution < 1.29 is 9.53 Å². The van der Waals surface area contributed by atoms with Crippen LogP contribution >= 0.6 is 0 Å². The van der Waals surface area contributed by atoms with Crippen LogP contribution < -0.4 is 0 Å². The second-order valence-corrected chi connectivity index (χ2v) is 10.1. The predicted octanol–water partition coefficient (Wildman–Crippen LogP) is 9.21. The molecular weight excluding hydrogens is 368 g/mol. The van der Waals surface area contributed by atoms with Gasteiger partial charge < -0.3 is 4.74 Å². The van der Waals surface area contributed by atoms with E-state index in [1.165, 1.54) is 70.6 Å². The van der Waals surface area contributed by atoms with E-state index >= 15 is 0 Å². The lowest BCUT2D eigenvalue weighted by molar-refractivity contribution is -0.151. The number of esters is 1. The van der Waals surface area contributed by atoms with Gasteiger partial charge in [-0.25, -0.2) is 0 Å². The summed E-state index contributed by atoms with van der Waals surface area (Å²) in [4.78, 5) is 12.4. The molecule has 0 amide bonds. The quantitative estimate of drug-likeness (QED) is 0.245. The number of unbranched alkanes of at least 4 members (excludes halogenated alkanes) is 1. The van der Waals surface area contributed by atoms with Gasteiger partial charge in [0.2, 0.25) is 0 Å². The molecule has 30 heavy (non-hydrogen) atoms. The van der Waals surface area contributed by atoms with Crippen LogP contribution in [-0.2, 0) is 9.53 Å². The molecule has 1 rings (SSSR count). The Morgan fingerprint density at radius 1 is 0.867 bits per heavy atom. The van der Waals surface area contributed by atoms with Crippen LogP contribution in [0.5, 0.6) is 0 Å². The van der Waals surface area contributed by atoms with Gasteiger partial charge in [-0.2, -0.15) is 0 Å². The topological polar surface area (TPSA) is 26.3 Å². The number of rotatable bonds is 15. The molecule has 2 atom stereocenters. The molecule has 2 heteroatoms. The van der Waals surface area contributed by atoms with E-state index in [9.17, 15) is 4.79 Å². The first kappa shape index (κ1) is 29.5. The Hall–Kier alpha value is -0.530. The normalized spacial score (nSPS) is 20.9. The van der Waals surface area contributed by atoms with E-state index in [2.05, 4.69) is 34.6 Å². The van der Waals surface area contributed by atoms with Crippen LogP contribution in [0, 0.1) is 29.6 Å². The third kappa shape index (κ3) is 14.5. The predicted molar refractivity (Wildman–Crippen MR) is 133 cm³/mol. The first-order chi connectivity index (χ1) is 14.5. The van der Waals surface area contributed by atoms with Crippen molar-refractivity contribution in [3.05, 3.63) is 0 Å². The Morgan fingerprint density at radius 3 is 2.07 bits per heavy atom. The summed E-state index contributed by atoms with van der Waals surface area (Å²) in [6.45, 7) is 16.2. The lowest BCUT2D eigenvalue weighted by atomic mass is 9.79. The van der Waals surface area contributed by atoms with Gasteiger partial charge in [0.05, 0.1) is 12.5 Å². The lowest BCUT2D eigenvalue weighted by Gasteiger charge is -2.28. The molecule has 180 valence electrons. The number of ether oxygens (including phenoxy) is 1. The van der Waals surface area contributed by atoms with E-state index in [1.807, 2.05) is 13.8 Å². The highest BCUT2D eigenvalue weighted by Gasteiger charge is 2.27. The van der Waals surface area contributed by atoms with Gasteiger partial charge >= 0.3 is 5.97 Å². The van der Waals surface area contributed by atoms with Crippen molar-refractivity contribution in [2.45, 2.75) is 138 Å². The molecular formula is C28H56O2. The minimum atomic E-state index is 0.0900. The van der Waals surface area contributed by atoms with Crippen LogP contribution in [0.4, 0.5) is 0 Å². The van der Waals surface area contributed by atoms with E-state index in [4.69, 9.17) is 4.74 Å². The summed E-state index contributed by atoms with van der Waals surface area (Å²) in [5.41, 5.74) is 0. The first-order valence-corrected chi connectivity index (χ1v) is 13.6. The number of hydrogen-bond donors (Lipinski definition) is 0. The maximum atomic E-state index is 12.4. The molecule has 0 heterocycles. The molecule has 0 saturated heterocycles. The molecule has 0 radical (unpaired) electrons. The van der Waals surface area contributed by atoms with E-state index in [1.54, 1.807) is 0 Å². The van der Waals surface area contributed by atoms with Crippen molar-refractivity contribution in [2.75, 3.05) is 6.61 Å². The Kier molecular flexibility index (Phi) is 18.8. The van der Waals surface area contributed by atoms with Gasteiger partial charge in [0.15, 0.2) is 0 Å². The van der Waals surface area contributed by atoms with Gasteiger partial charge in [-0.3, -0.25) is 4.79 Å². The molecule has 2 nitrogen and oxygen atoms in total. The molecule has 1 aliphatic carbocycles. The third-order valence-electron chi connectivity index (χ3n) is 6.97. The summed E-state index contributed by atoms with van der Waals surface area (Å²) >= 11 is 0. The number of carbonyl (C=O) groups is 1. The van der Waals surface area contributed by atoms with E-state index < -0.39 is 0 Å². The van der Waals surface area contributed by atoms with Crippen molar-refractivity contribution in [2.24, 2.45) is 29.6 Å². The summed E-state index contributed by atoms with van der Waals surface area (Å²) < 4.78 is 5.69. The minimum absolute atomic E-state index is 0.0900. The highest BCUT2D eigenvalue weighted by atomic mass is 16.5. The summed E-state index contributed by atoms with van der Waals surface area (Å²) in [5.74, 6) is 3.40. The molecule has 1 aliphatic rings. The fraction of sp³-hybridized carbons (Fsp3) is 0.964. The highest BCUT2D eigenvalue weighted by Crippen LogP contribution is 2.33. The Balaban J connectivity index is 0.00000407. The molecule has 0 aromatic carbocycles. The van der Waals surface area contributed by atoms with Gasteiger partial charge in [-0.05, 0) is 55.8 Å². The number of carbonyl (C=O) groups excluding carboxylic acids is 1. The molecule has 0 aromatic heterocycles. The molecule has 1 saturated carbocycles. The maximum Gasteiger partial charge on any atom is 0.308 e. The molecule has 0 aromatic rings. The fourth-order valence-electron chi connectivity index (χ4n) is 4.68. The van der Waals surface area contributed by atoms with E-state index in [0.29, 0.717) is 12.5 Å². The SMILES string of the molecule is CC.CCCCC(CC)COC(=O)C1CCC(CCCC(C)CCCC(C)C)CC1. The zero-order chi connectivity index (χ0) is 22.8. The Labute approximate surface area is 190 Å². The van der Waals surface area contributed by atoms with Gasteiger partial charge in [-0.15, -0.1) is 0 Å². The molecule has 0 N–H and O–H groups in total. The second kappa shape index (κ2) is 19.2. The van der Waals surface area contributed by atoms with Gasteiger partial charge in [-0.1, -0.05) is 106 Å². The largest absolute Gasteiger partial charge is 0.465 e. The minimum Gasteiger partial charge on any atom is -0.465 e. The van der Waals surface area contributed by atoms with Crippen LogP contribution in [0.15, 0.2) is 0 Å². The Bertz CT molecular complexity index is 382. The van der Waals surface area contributed by atoms with Crippen molar-refractivity contribution in [1.29, 1.82) is 0 Å². The van der Waals surface area contributed by atoms with Crippen LogP contribution in [0.2, 0.25) is 0 Å². The van der Waals surface area contributed by atoms with Crippen molar-refractivity contribution in [3.63, 3.8) is 0 Å². The Morgan fingerprint density at radius 2 is 1.50 bits per heavy atom. The van der Waals surface area contributed by atoms with Crippen LogP contribution in [0.25, 0.3) is 0 Å². The molecule has 0 bridgehead atoms.